The maximum absolute atomic E-state index is 12.7. The van der Waals surface area contributed by atoms with E-state index in [2.05, 4.69) is 15.9 Å². The number of rotatable bonds is 5. The van der Waals surface area contributed by atoms with Gasteiger partial charge in [-0.15, -0.1) is 0 Å². The van der Waals surface area contributed by atoms with Crippen LogP contribution in [0.25, 0.3) is 0 Å². The summed E-state index contributed by atoms with van der Waals surface area (Å²) >= 11 is 3.36. The van der Waals surface area contributed by atoms with Gasteiger partial charge in [0.25, 0.3) is 6.04 Å². The minimum absolute atomic E-state index is 0.00326. The van der Waals surface area contributed by atoms with Crippen molar-refractivity contribution in [2.24, 2.45) is 5.41 Å². The van der Waals surface area contributed by atoms with Gasteiger partial charge in [0.15, 0.2) is 0 Å². The molecule has 0 heterocycles. The Morgan fingerprint density at radius 3 is 2.35 bits per heavy atom. The van der Waals surface area contributed by atoms with Gasteiger partial charge >= 0.3 is 5.97 Å². The molecule has 7 nitrogen and oxygen atoms in total. The van der Waals surface area contributed by atoms with Gasteiger partial charge < -0.3 is 10.2 Å². The van der Waals surface area contributed by atoms with Crippen molar-refractivity contribution in [1.29, 1.82) is 0 Å². The number of nitro groups is 1. The van der Waals surface area contributed by atoms with Crippen molar-refractivity contribution in [1.82, 2.24) is 0 Å². The molecule has 0 aromatic heterocycles. The third kappa shape index (κ3) is 2.58. The highest BCUT2D eigenvalue weighted by Gasteiger charge is 2.74. The number of aliphatic hydroxyl groups is 1. The van der Waals surface area contributed by atoms with Gasteiger partial charge in [-0.05, 0) is 44.7 Å². The summed E-state index contributed by atoms with van der Waals surface area (Å²) in [6.07, 6.45) is -0.329. The van der Waals surface area contributed by atoms with Crippen molar-refractivity contribution in [3.8, 4) is 0 Å². The van der Waals surface area contributed by atoms with Gasteiger partial charge in [-0.1, -0.05) is 41.1 Å². The van der Waals surface area contributed by atoms with E-state index in [9.17, 15) is 29.9 Å². The van der Waals surface area contributed by atoms with Gasteiger partial charge in [0, 0.05) is 9.40 Å². The number of hydrogen-bond donors (Lipinski definition) is 2. The second kappa shape index (κ2) is 6.74. The molecule has 0 spiro atoms. The minimum atomic E-state index is -2.01. The lowest BCUT2D eigenvalue weighted by atomic mass is 9.46. The Labute approximate surface area is 159 Å². The maximum Gasteiger partial charge on any atom is 0.318 e. The number of ketones is 1. The summed E-state index contributed by atoms with van der Waals surface area (Å²) < 4.78 is 0.471. The van der Waals surface area contributed by atoms with Crippen LogP contribution < -0.4 is 0 Å². The molecule has 4 atom stereocenters. The van der Waals surface area contributed by atoms with Crippen LogP contribution in [-0.4, -0.2) is 38.5 Å². The third-order valence-electron chi connectivity index (χ3n) is 5.91. The van der Waals surface area contributed by atoms with Crippen LogP contribution in [0.15, 0.2) is 28.7 Å². The van der Waals surface area contributed by atoms with Gasteiger partial charge in [-0.2, -0.15) is 0 Å². The highest BCUT2D eigenvalue weighted by atomic mass is 79.9. The molecule has 26 heavy (non-hydrogen) atoms. The fourth-order valence-electron chi connectivity index (χ4n) is 4.80. The number of carboxylic acid groups (broad SMARTS) is 1. The van der Waals surface area contributed by atoms with Crippen LogP contribution in [0.1, 0.15) is 45.6 Å². The lowest BCUT2D eigenvalue weighted by Crippen LogP contribution is -2.71. The van der Waals surface area contributed by atoms with Crippen molar-refractivity contribution in [3.63, 3.8) is 0 Å². The lowest BCUT2D eigenvalue weighted by Gasteiger charge is -2.54. The summed E-state index contributed by atoms with van der Waals surface area (Å²) in [4.78, 5) is 36.6. The van der Waals surface area contributed by atoms with Crippen molar-refractivity contribution in [2.75, 3.05) is 0 Å². The van der Waals surface area contributed by atoms with Crippen LogP contribution in [0.5, 0.6) is 0 Å². The summed E-state index contributed by atoms with van der Waals surface area (Å²) in [5.41, 5.74) is -5.13. The van der Waals surface area contributed by atoms with E-state index in [-0.39, 0.29) is 19.3 Å². The number of aliphatic carboxylic acids is 1. The molecule has 1 aromatic rings. The van der Waals surface area contributed by atoms with E-state index < -0.39 is 39.1 Å². The van der Waals surface area contributed by atoms with E-state index in [1.807, 2.05) is 0 Å². The number of halogens is 1. The summed E-state index contributed by atoms with van der Waals surface area (Å²) in [7, 11) is 0. The monoisotopic (exact) mass is 427 g/mol. The zero-order chi connectivity index (χ0) is 19.9. The molecule has 2 rings (SSSR count). The highest BCUT2D eigenvalue weighted by Crippen LogP contribution is 2.59. The van der Waals surface area contributed by atoms with Gasteiger partial charge in [-0.25, -0.2) is 0 Å². The Morgan fingerprint density at radius 2 is 1.92 bits per heavy atom. The van der Waals surface area contributed by atoms with E-state index in [4.69, 9.17) is 0 Å². The van der Waals surface area contributed by atoms with E-state index in [1.165, 1.54) is 6.92 Å². The smallest absolute Gasteiger partial charge is 0.318 e. The summed E-state index contributed by atoms with van der Waals surface area (Å²) in [5, 5.41) is 33.1. The molecule has 1 fully saturated rings. The highest BCUT2D eigenvalue weighted by molar-refractivity contribution is 9.10. The zero-order valence-electron chi connectivity index (χ0n) is 14.9. The number of Topliss-reactive ketones (excluding diaryl/α,β-unsaturated/α-hetero) is 1. The molecule has 0 unspecified atom stereocenters. The van der Waals surface area contributed by atoms with Gasteiger partial charge in [-0.3, -0.25) is 19.7 Å². The fourth-order valence-corrected chi connectivity index (χ4v) is 5.43. The summed E-state index contributed by atoms with van der Waals surface area (Å²) in [6, 6.07) is 4.93. The number of nitrogens with zero attached hydrogens (tertiary/aromatic N) is 1. The first-order valence-corrected chi connectivity index (χ1v) is 9.13. The normalized spacial score (nSPS) is 34.3. The van der Waals surface area contributed by atoms with Crippen LogP contribution in [0.4, 0.5) is 0 Å². The van der Waals surface area contributed by atoms with E-state index in [0.717, 1.165) is 6.92 Å². The van der Waals surface area contributed by atoms with E-state index >= 15 is 0 Å². The molecule has 0 amide bonds. The van der Waals surface area contributed by atoms with Gasteiger partial charge in [0.05, 0.1) is 5.41 Å². The number of hydrogen-bond acceptors (Lipinski definition) is 5. The van der Waals surface area contributed by atoms with Crippen molar-refractivity contribution in [3.05, 3.63) is 44.4 Å². The fraction of sp³-hybridized carbons (Fsp3) is 0.556. The number of carbonyl (C=O) groups excluding carboxylic acids is 1. The van der Waals surface area contributed by atoms with Crippen LogP contribution in [0.3, 0.4) is 0 Å². The molecule has 1 aromatic carbocycles. The molecule has 1 saturated carbocycles. The molecular formula is C18H22BrNO6. The number of benzene rings is 1. The maximum atomic E-state index is 12.7. The van der Waals surface area contributed by atoms with Crippen molar-refractivity contribution >= 4 is 27.7 Å². The first kappa shape index (κ1) is 20.5. The Bertz CT molecular complexity index is 748. The quantitative estimate of drug-likeness (QED) is 0.423. The average molecular weight is 428 g/mol. The first-order chi connectivity index (χ1) is 12.0. The zero-order valence-corrected chi connectivity index (χ0v) is 16.4. The van der Waals surface area contributed by atoms with Crippen LogP contribution in [0.2, 0.25) is 0 Å². The number of carboxylic acids is 1. The first-order valence-electron chi connectivity index (χ1n) is 8.34. The molecule has 1 aliphatic carbocycles. The van der Waals surface area contributed by atoms with Crippen LogP contribution in [0, 0.1) is 15.5 Å². The molecular weight excluding hydrogens is 406 g/mol. The molecule has 0 bridgehead atoms. The molecule has 1 aliphatic rings. The summed E-state index contributed by atoms with van der Waals surface area (Å²) in [5.74, 6) is -2.05. The second-order valence-electron chi connectivity index (χ2n) is 7.12. The van der Waals surface area contributed by atoms with Gasteiger partial charge in [0.2, 0.25) is 0 Å². The second-order valence-corrected chi connectivity index (χ2v) is 7.97. The Morgan fingerprint density at radius 1 is 1.35 bits per heavy atom. The van der Waals surface area contributed by atoms with Crippen LogP contribution in [-0.2, 0) is 15.0 Å². The Balaban J connectivity index is 3.04. The van der Waals surface area contributed by atoms with Gasteiger partial charge in [0.1, 0.15) is 16.8 Å². The average Bonchev–Trinajstić information content (AvgIpc) is 2.53. The van der Waals surface area contributed by atoms with Crippen molar-refractivity contribution in [2.45, 2.75) is 57.1 Å². The third-order valence-corrected chi connectivity index (χ3v) is 6.60. The van der Waals surface area contributed by atoms with E-state index in [0.29, 0.717) is 10.0 Å². The molecule has 0 saturated heterocycles. The molecule has 142 valence electrons. The SMILES string of the molecule is CC[C@@]1(c2ccccc2Br)[C@H]([N+](=O)[O-])[C@](C)(O)CC[C@@]1(C(C)=O)C(=O)O. The number of carbonyl (C=O) groups is 2. The lowest BCUT2D eigenvalue weighted by molar-refractivity contribution is -0.565. The topological polar surface area (TPSA) is 118 Å². The van der Waals surface area contributed by atoms with Crippen LogP contribution >= 0.6 is 15.9 Å². The predicted molar refractivity (Wildman–Crippen MR) is 97.5 cm³/mol. The molecule has 8 heteroatoms. The molecule has 0 radical (unpaired) electrons. The largest absolute Gasteiger partial charge is 0.480 e. The van der Waals surface area contributed by atoms with Crippen molar-refractivity contribution < 1.29 is 24.7 Å². The Kier molecular flexibility index (Phi) is 5.31. The van der Waals surface area contributed by atoms with E-state index in [1.54, 1.807) is 31.2 Å². The molecule has 2 N–H and O–H groups in total. The summed E-state index contributed by atoms with van der Waals surface area (Å²) in [6.45, 7) is 4.12. The minimum Gasteiger partial charge on any atom is -0.480 e. The molecule has 0 aliphatic heterocycles. The standard InChI is InChI=1S/C18H22BrNO6/c1-4-17(12-7-5-6-8-13(12)19)14(20(25)26)16(3,24)9-10-18(17,11(2)21)15(22)23/h5-8,14,24H,4,9-10H2,1-3H3,(H,22,23)/t14-,16-,17-,18-/m1/s1. The Hall–Kier alpha value is -1.80. The predicted octanol–water partition coefficient (Wildman–Crippen LogP) is 2.95.